The van der Waals surface area contributed by atoms with Crippen LogP contribution in [0.5, 0.6) is 0 Å². The van der Waals surface area contributed by atoms with Crippen LogP contribution in [0.1, 0.15) is 22.0 Å². The molecule has 6 heteroatoms. The van der Waals surface area contributed by atoms with Crippen LogP contribution in [0, 0.1) is 0 Å². The van der Waals surface area contributed by atoms with Gasteiger partial charge in [0.25, 0.3) is 0 Å². The van der Waals surface area contributed by atoms with Crippen molar-refractivity contribution in [3.05, 3.63) is 114 Å². The summed E-state index contributed by atoms with van der Waals surface area (Å²) >= 11 is 6.00. The third-order valence-electron chi connectivity index (χ3n) is 4.65. The number of carbonyl (C=O) groups excluding carboxylic acids is 1. The van der Waals surface area contributed by atoms with Gasteiger partial charge >= 0.3 is 5.97 Å². The van der Waals surface area contributed by atoms with E-state index in [1.807, 2.05) is 65.4 Å². The Morgan fingerprint density at radius 3 is 2.23 bits per heavy atom. The van der Waals surface area contributed by atoms with Gasteiger partial charge in [0.05, 0.1) is 18.4 Å². The summed E-state index contributed by atoms with van der Waals surface area (Å²) in [5.41, 5.74) is 3.54. The maximum absolute atomic E-state index is 12.8. The summed E-state index contributed by atoms with van der Waals surface area (Å²) in [6.45, 7) is 0.468. The fourth-order valence-electron chi connectivity index (χ4n) is 3.10. The third kappa shape index (κ3) is 5.29. The van der Waals surface area contributed by atoms with Crippen LogP contribution in [-0.4, -0.2) is 15.5 Å². The molecule has 1 atom stereocenters. The highest BCUT2D eigenvalue weighted by atomic mass is 35.5. The van der Waals surface area contributed by atoms with Crippen LogP contribution in [0.25, 0.3) is 11.1 Å². The lowest BCUT2D eigenvalue weighted by Crippen LogP contribution is -2.16. The van der Waals surface area contributed by atoms with Crippen LogP contribution in [0.15, 0.2) is 97.6 Å². The molecule has 0 aliphatic carbocycles. The van der Waals surface area contributed by atoms with Crippen LogP contribution in [0.3, 0.4) is 0 Å². The molecule has 0 radical (unpaired) electrons. The first-order chi connectivity index (χ1) is 14.2. The molecule has 0 spiro atoms. The van der Waals surface area contributed by atoms with Gasteiger partial charge in [-0.3, -0.25) is 0 Å². The number of hydrogen-bond donors (Lipinski definition) is 0. The number of halogens is 2. The molecule has 0 N–H and O–H groups in total. The Morgan fingerprint density at radius 1 is 0.933 bits per heavy atom. The van der Waals surface area contributed by atoms with Gasteiger partial charge in [-0.25, -0.2) is 9.78 Å². The van der Waals surface area contributed by atoms with Gasteiger partial charge in [0.1, 0.15) is 6.10 Å². The number of aromatic nitrogens is 2. The second-order valence-corrected chi connectivity index (χ2v) is 7.08. The molecule has 0 saturated heterocycles. The van der Waals surface area contributed by atoms with E-state index in [0.717, 1.165) is 16.7 Å². The number of hydrogen-bond acceptors (Lipinski definition) is 3. The molecule has 0 aliphatic rings. The Bertz CT molecular complexity index is 1060. The Kier molecular flexibility index (Phi) is 7.28. The second-order valence-electron chi connectivity index (χ2n) is 6.65. The van der Waals surface area contributed by atoms with Crippen LogP contribution >= 0.6 is 24.0 Å². The molecular weight excluding hydrogens is 419 g/mol. The Hall–Kier alpha value is -3.08. The van der Waals surface area contributed by atoms with Crippen molar-refractivity contribution in [3.63, 3.8) is 0 Å². The van der Waals surface area contributed by atoms with E-state index in [0.29, 0.717) is 17.1 Å². The molecular formula is C24H20Cl2N2O2. The molecule has 3 aromatic carbocycles. The maximum Gasteiger partial charge on any atom is 0.338 e. The van der Waals surface area contributed by atoms with Gasteiger partial charge in [-0.1, -0.05) is 66.2 Å². The van der Waals surface area contributed by atoms with E-state index >= 15 is 0 Å². The molecule has 4 nitrogen and oxygen atoms in total. The van der Waals surface area contributed by atoms with E-state index in [-0.39, 0.29) is 18.4 Å². The summed E-state index contributed by atoms with van der Waals surface area (Å²) in [4.78, 5) is 16.9. The van der Waals surface area contributed by atoms with Crippen LogP contribution in [0.4, 0.5) is 0 Å². The highest BCUT2D eigenvalue weighted by Gasteiger charge is 2.19. The first-order valence-electron chi connectivity index (χ1n) is 9.27. The molecule has 4 aromatic rings. The molecule has 1 unspecified atom stereocenters. The van der Waals surface area contributed by atoms with Gasteiger partial charge in [-0.15, -0.1) is 12.4 Å². The quantitative estimate of drug-likeness (QED) is 0.335. The maximum atomic E-state index is 12.8. The molecule has 1 aromatic heterocycles. The highest BCUT2D eigenvalue weighted by Crippen LogP contribution is 2.24. The van der Waals surface area contributed by atoms with E-state index in [1.165, 1.54) is 0 Å². The summed E-state index contributed by atoms with van der Waals surface area (Å²) in [5, 5.41) is 0.637. The van der Waals surface area contributed by atoms with E-state index in [1.54, 1.807) is 36.8 Å². The highest BCUT2D eigenvalue weighted by molar-refractivity contribution is 6.30. The summed E-state index contributed by atoms with van der Waals surface area (Å²) in [6, 6.07) is 24.8. The lowest BCUT2D eigenvalue weighted by Gasteiger charge is -2.19. The van der Waals surface area contributed by atoms with Gasteiger partial charge in [0, 0.05) is 17.4 Å². The van der Waals surface area contributed by atoms with Gasteiger partial charge in [0.15, 0.2) is 0 Å². The average molecular weight is 439 g/mol. The molecule has 0 amide bonds. The molecule has 152 valence electrons. The summed E-state index contributed by atoms with van der Waals surface area (Å²) in [7, 11) is 0. The second kappa shape index (κ2) is 10.1. The smallest absolute Gasteiger partial charge is 0.338 e. The van der Waals surface area contributed by atoms with Crippen molar-refractivity contribution in [2.24, 2.45) is 0 Å². The van der Waals surface area contributed by atoms with Crippen molar-refractivity contribution < 1.29 is 9.53 Å². The predicted molar refractivity (Wildman–Crippen MR) is 121 cm³/mol. The average Bonchev–Trinajstić information content (AvgIpc) is 3.28. The molecule has 4 rings (SSSR count). The minimum atomic E-state index is -0.456. The number of carbonyl (C=O) groups is 1. The van der Waals surface area contributed by atoms with Crippen molar-refractivity contribution in [2.45, 2.75) is 12.6 Å². The van der Waals surface area contributed by atoms with Crippen LogP contribution in [-0.2, 0) is 11.3 Å². The molecule has 0 aliphatic heterocycles. The van der Waals surface area contributed by atoms with Crippen molar-refractivity contribution in [1.82, 2.24) is 9.55 Å². The lowest BCUT2D eigenvalue weighted by atomic mass is 10.0. The molecule has 30 heavy (non-hydrogen) atoms. The van der Waals surface area contributed by atoms with Crippen LogP contribution < -0.4 is 0 Å². The number of imidazole rings is 1. The summed E-state index contributed by atoms with van der Waals surface area (Å²) in [6.07, 6.45) is 4.78. The zero-order valence-electron chi connectivity index (χ0n) is 16.0. The number of ether oxygens (including phenoxy) is 1. The normalized spacial score (nSPS) is 11.4. The number of esters is 1. The zero-order chi connectivity index (χ0) is 20.1. The first kappa shape index (κ1) is 21.6. The fourth-order valence-corrected chi connectivity index (χ4v) is 3.23. The van der Waals surface area contributed by atoms with Gasteiger partial charge < -0.3 is 9.30 Å². The first-order valence-corrected chi connectivity index (χ1v) is 9.64. The summed E-state index contributed by atoms with van der Waals surface area (Å²) in [5.74, 6) is -0.371. The lowest BCUT2D eigenvalue weighted by molar-refractivity contribution is 0.0255. The number of nitrogens with zero attached hydrogens (tertiary/aromatic N) is 2. The van der Waals surface area contributed by atoms with Gasteiger partial charge in [-0.05, 0) is 41.0 Å². The van der Waals surface area contributed by atoms with Crippen molar-refractivity contribution in [2.75, 3.05) is 0 Å². The third-order valence-corrected chi connectivity index (χ3v) is 4.91. The van der Waals surface area contributed by atoms with Gasteiger partial charge in [0.2, 0.25) is 0 Å². The minimum absolute atomic E-state index is 0. The van der Waals surface area contributed by atoms with Crippen molar-refractivity contribution in [1.29, 1.82) is 0 Å². The number of benzene rings is 3. The fraction of sp³-hybridized carbons (Fsp3) is 0.0833. The van der Waals surface area contributed by atoms with Crippen molar-refractivity contribution in [3.8, 4) is 11.1 Å². The Labute approximate surface area is 186 Å². The Balaban J connectivity index is 0.00000256. The van der Waals surface area contributed by atoms with Crippen LogP contribution in [0.2, 0.25) is 5.02 Å². The van der Waals surface area contributed by atoms with E-state index in [9.17, 15) is 4.79 Å². The number of rotatable bonds is 6. The van der Waals surface area contributed by atoms with E-state index in [4.69, 9.17) is 16.3 Å². The molecule has 0 bridgehead atoms. The predicted octanol–water partition coefficient (Wildman–Crippen LogP) is 6.22. The van der Waals surface area contributed by atoms with E-state index in [2.05, 4.69) is 4.98 Å². The topological polar surface area (TPSA) is 44.1 Å². The minimum Gasteiger partial charge on any atom is -0.452 e. The standard InChI is InChI=1S/C24H19ClN2O2.ClH/c25-22-12-10-20(11-13-22)23(16-27-15-14-26-17-27)29-24(28)21-8-6-19(7-9-21)18-4-2-1-3-5-18;/h1-15,17,23H,16H2;1H. The largest absolute Gasteiger partial charge is 0.452 e. The van der Waals surface area contributed by atoms with Gasteiger partial charge in [-0.2, -0.15) is 0 Å². The Morgan fingerprint density at radius 2 is 1.60 bits per heavy atom. The zero-order valence-corrected chi connectivity index (χ0v) is 17.6. The molecule has 0 saturated carbocycles. The monoisotopic (exact) mass is 438 g/mol. The van der Waals surface area contributed by atoms with Crippen molar-refractivity contribution >= 4 is 30.0 Å². The molecule has 0 fully saturated rings. The molecule has 1 heterocycles. The van der Waals surface area contributed by atoms with E-state index < -0.39 is 6.10 Å². The SMILES string of the molecule is Cl.O=C(OC(Cn1ccnc1)c1ccc(Cl)cc1)c1ccc(-c2ccccc2)cc1. The summed E-state index contributed by atoms with van der Waals surface area (Å²) < 4.78 is 7.73.